The van der Waals surface area contributed by atoms with E-state index in [-0.39, 0.29) is 11.3 Å². The highest BCUT2D eigenvalue weighted by Crippen LogP contribution is 2.22. The molecule has 1 aromatic carbocycles. The van der Waals surface area contributed by atoms with Crippen LogP contribution in [0, 0.1) is 6.92 Å². The van der Waals surface area contributed by atoms with Gasteiger partial charge in [-0.15, -0.1) is 0 Å². The summed E-state index contributed by atoms with van der Waals surface area (Å²) in [5.41, 5.74) is 0.630. The minimum Gasteiger partial charge on any atom is -0.478 e. The van der Waals surface area contributed by atoms with E-state index in [2.05, 4.69) is 5.32 Å². The van der Waals surface area contributed by atoms with Crippen molar-refractivity contribution < 1.29 is 23.8 Å². The number of anilines is 1. The fraction of sp³-hybridized carbons (Fsp3) is 0.364. The van der Waals surface area contributed by atoms with E-state index in [1.54, 1.807) is 13.0 Å². The van der Waals surface area contributed by atoms with Crippen LogP contribution in [0.5, 0.6) is 0 Å². The van der Waals surface area contributed by atoms with Crippen LogP contribution < -0.4 is 5.32 Å². The van der Waals surface area contributed by atoms with Crippen LogP contribution in [0.15, 0.2) is 18.2 Å². The minimum atomic E-state index is -3.28. The van der Waals surface area contributed by atoms with E-state index >= 15 is 0 Å². The van der Waals surface area contributed by atoms with Gasteiger partial charge in [0, 0.05) is 0 Å². The van der Waals surface area contributed by atoms with Gasteiger partial charge in [0.1, 0.15) is 6.61 Å². The number of aromatic carboxylic acids is 1. The zero-order valence-electron chi connectivity index (χ0n) is 9.20. The van der Waals surface area contributed by atoms with E-state index in [0.717, 1.165) is 0 Å². The molecule has 0 amide bonds. The SMILES string of the molecule is Cc1cccc(C(=O)O)c1NCC(F)(F)CO. The lowest BCUT2D eigenvalue weighted by Gasteiger charge is -2.17. The topological polar surface area (TPSA) is 69.6 Å². The number of aryl methyl sites for hydroxylation is 1. The van der Waals surface area contributed by atoms with Gasteiger partial charge in [-0.1, -0.05) is 12.1 Å². The minimum absolute atomic E-state index is 0.0706. The standard InChI is InChI=1S/C11H13F2NO3/c1-7-3-2-4-8(10(16)17)9(7)14-5-11(12,13)6-15/h2-4,14-15H,5-6H2,1H3,(H,16,17). The fourth-order valence-electron chi connectivity index (χ4n) is 1.35. The van der Waals surface area contributed by atoms with E-state index < -0.39 is 25.0 Å². The van der Waals surface area contributed by atoms with Crippen molar-refractivity contribution in [3.05, 3.63) is 29.3 Å². The Kier molecular flexibility index (Phi) is 4.01. The van der Waals surface area contributed by atoms with E-state index in [4.69, 9.17) is 10.2 Å². The molecule has 0 fully saturated rings. The summed E-state index contributed by atoms with van der Waals surface area (Å²) in [5.74, 6) is -4.47. The highest BCUT2D eigenvalue weighted by Gasteiger charge is 2.28. The van der Waals surface area contributed by atoms with Crippen molar-refractivity contribution in [1.82, 2.24) is 0 Å². The summed E-state index contributed by atoms with van der Waals surface area (Å²) < 4.78 is 25.7. The van der Waals surface area contributed by atoms with Crippen molar-refractivity contribution in [1.29, 1.82) is 0 Å². The number of rotatable bonds is 5. The number of aliphatic hydroxyl groups excluding tert-OH is 1. The van der Waals surface area contributed by atoms with Crippen molar-refractivity contribution in [3.8, 4) is 0 Å². The van der Waals surface area contributed by atoms with Gasteiger partial charge in [-0.25, -0.2) is 13.6 Å². The van der Waals surface area contributed by atoms with Crippen LogP contribution in [-0.2, 0) is 0 Å². The summed E-state index contributed by atoms with van der Waals surface area (Å²) in [6, 6.07) is 4.48. The van der Waals surface area contributed by atoms with Gasteiger partial charge in [-0.2, -0.15) is 0 Å². The van der Waals surface area contributed by atoms with Crippen LogP contribution >= 0.6 is 0 Å². The molecular formula is C11H13F2NO3. The molecular weight excluding hydrogens is 232 g/mol. The Labute approximate surface area is 96.9 Å². The van der Waals surface area contributed by atoms with Crippen LogP contribution in [0.1, 0.15) is 15.9 Å². The fourth-order valence-corrected chi connectivity index (χ4v) is 1.35. The van der Waals surface area contributed by atoms with Crippen molar-refractivity contribution >= 4 is 11.7 Å². The second kappa shape index (κ2) is 5.09. The van der Waals surface area contributed by atoms with E-state index in [1.165, 1.54) is 12.1 Å². The first-order chi connectivity index (χ1) is 7.87. The van der Waals surface area contributed by atoms with Crippen LogP contribution in [0.2, 0.25) is 0 Å². The summed E-state index contributed by atoms with van der Waals surface area (Å²) in [4.78, 5) is 10.9. The molecule has 0 heterocycles. The third-order valence-corrected chi connectivity index (χ3v) is 2.26. The quantitative estimate of drug-likeness (QED) is 0.739. The number of alkyl halides is 2. The summed E-state index contributed by atoms with van der Waals surface area (Å²) >= 11 is 0. The number of carboxylic acids is 1. The molecule has 0 aromatic heterocycles. The molecule has 0 saturated heterocycles. The number of nitrogens with one attached hydrogen (secondary N) is 1. The Bertz CT molecular complexity index is 421. The molecule has 0 radical (unpaired) electrons. The first-order valence-corrected chi connectivity index (χ1v) is 4.93. The Balaban J connectivity index is 2.94. The van der Waals surface area contributed by atoms with E-state index in [1.807, 2.05) is 0 Å². The number of hydrogen-bond donors (Lipinski definition) is 3. The van der Waals surface area contributed by atoms with Crippen LogP contribution in [-0.4, -0.2) is 35.3 Å². The van der Waals surface area contributed by atoms with Gasteiger partial charge in [-0.3, -0.25) is 0 Å². The second-order valence-electron chi connectivity index (χ2n) is 3.67. The molecule has 0 aliphatic heterocycles. The highest BCUT2D eigenvalue weighted by molar-refractivity contribution is 5.95. The van der Waals surface area contributed by atoms with Crippen LogP contribution in [0.25, 0.3) is 0 Å². The predicted octanol–water partition coefficient (Wildman–Crippen LogP) is 1.73. The van der Waals surface area contributed by atoms with Crippen molar-refractivity contribution in [2.75, 3.05) is 18.5 Å². The Morgan fingerprint density at radius 2 is 2.12 bits per heavy atom. The Morgan fingerprint density at radius 3 is 2.65 bits per heavy atom. The number of benzene rings is 1. The van der Waals surface area contributed by atoms with Crippen molar-refractivity contribution in [2.45, 2.75) is 12.8 Å². The molecule has 1 rings (SSSR count). The monoisotopic (exact) mass is 245 g/mol. The molecule has 0 atom stereocenters. The van der Waals surface area contributed by atoms with Gasteiger partial charge in [0.2, 0.25) is 0 Å². The number of halogens is 2. The first kappa shape index (κ1) is 13.4. The Hall–Kier alpha value is -1.69. The smallest absolute Gasteiger partial charge is 0.337 e. The van der Waals surface area contributed by atoms with Crippen LogP contribution in [0.3, 0.4) is 0 Å². The molecule has 0 saturated carbocycles. The summed E-state index contributed by atoms with van der Waals surface area (Å²) in [5, 5.41) is 19.7. The summed E-state index contributed by atoms with van der Waals surface area (Å²) in [7, 11) is 0. The van der Waals surface area contributed by atoms with Crippen molar-refractivity contribution in [3.63, 3.8) is 0 Å². The Morgan fingerprint density at radius 1 is 1.47 bits per heavy atom. The molecule has 0 spiro atoms. The molecule has 0 aliphatic carbocycles. The number of aliphatic hydroxyl groups is 1. The molecule has 17 heavy (non-hydrogen) atoms. The van der Waals surface area contributed by atoms with Crippen molar-refractivity contribution in [2.24, 2.45) is 0 Å². The van der Waals surface area contributed by atoms with Gasteiger partial charge in [0.25, 0.3) is 5.92 Å². The van der Waals surface area contributed by atoms with E-state index in [9.17, 15) is 13.6 Å². The molecule has 6 heteroatoms. The average Bonchev–Trinajstić information content (AvgIpc) is 2.27. The zero-order chi connectivity index (χ0) is 13.1. The first-order valence-electron chi connectivity index (χ1n) is 4.93. The third-order valence-electron chi connectivity index (χ3n) is 2.26. The van der Waals surface area contributed by atoms with Gasteiger partial charge in [0.05, 0.1) is 17.8 Å². The van der Waals surface area contributed by atoms with E-state index in [0.29, 0.717) is 5.56 Å². The summed E-state index contributed by atoms with van der Waals surface area (Å²) in [6.45, 7) is -0.477. The zero-order valence-corrected chi connectivity index (χ0v) is 9.20. The molecule has 0 aliphatic rings. The van der Waals surface area contributed by atoms with Gasteiger partial charge < -0.3 is 15.5 Å². The number of carbonyl (C=O) groups is 1. The lowest BCUT2D eigenvalue weighted by molar-refractivity contribution is -0.0373. The lowest BCUT2D eigenvalue weighted by Crippen LogP contribution is -2.31. The molecule has 1 aromatic rings. The molecule has 0 unspecified atom stereocenters. The number of hydrogen-bond acceptors (Lipinski definition) is 3. The maximum atomic E-state index is 12.8. The molecule has 4 nitrogen and oxygen atoms in total. The maximum Gasteiger partial charge on any atom is 0.337 e. The average molecular weight is 245 g/mol. The van der Waals surface area contributed by atoms with Gasteiger partial charge >= 0.3 is 5.97 Å². The molecule has 0 bridgehead atoms. The van der Waals surface area contributed by atoms with Gasteiger partial charge in [-0.05, 0) is 18.6 Å². The summed E-state index contributed by atoms with van der Waals surface area (Å²) in [6.07, 6.45) is 0. The van der Waals surface area contributed by atoms with Crippen LogP contribution in [0.4, 0.5) is 14.5 Å². The maximum absolute atomic E-state index is 12.8. The number of para-hydroxylation sites is 1. The highest BCUT2D eigenvalue weighted by atomic mass is 19.3. The van der Waals surface area contributed by atoms with Gasteiger partial charge in [0.15, 0.2) is 0 Å². The lowest BCUT2D eigenvalue weighted by atomic mass is 10.1. The second-order valence-corrected chi connectivity index (χ2v) is 3.67. The molecule has 94 valence electrons. The normalized spacial score (nSPS) is 11.3. The molecule has 3 N–H and O–H groups in total. The largest absolute Gasteiger partial charge is 0.478 e. The predicted molar refractivity (Wildman–Crippen MR) is 58.7 cm³/mol. The number of carboxylic acid groups (broad SMARTS) is 1. The third kappa shape index (κ3) is 3.39.